The van der Waals surface area contributed by atoms with E-state index in [1.165, 1.54) is 0 Å². The predicted octanol–water partition coefficient (Wildman–Crippen LogP) is 4.09. The molecule has 0 spiro atoms. The Labute approximate surface area is 189 Å². The average molecular weight is 485 g/mol. The van der Waals surface area contributed by atoms with Crippen molar-refractivity contribution in [2.24, 2.45) is 11.8 Å². The highest BCUT2D eigenvalue weighted by molar-refractivity contribution is 6.84. The predicted molar refractivity (Wildman–Crippen MR) is 125 cm³/mol. The molecule has 0 aromatic rings. The third kappa shape index (κ3) is 17.0. The maximum absolute atomic E-state index is 11.2. The highest BCUT2D eigenvalue weighted by Gasteiger charge is 2.33. The summed E-state index contributed by atoms with van der Waals surface area (Å²) in [6, 6.07) is 1.54. The van der Waals surface area contributed by atoms with Gasteiger partial charge in [-0.2, -0.15) is 0 Å². The zero-order valence-electron chi connectivity index (χ0n) is 17.8. The molecule has 0 aliphatic heterocycles. The summed E-state index contributed by atoms with van der Waals surface area (Å²) in [6.07, 6.45) is 1.69. The molecule has 2 atom stereocenters. The van der Waals surface area contributed by atoms with E-state index in [-0.39, 0.29) is 27.9 Å². The minimum atomic E-state index is -2.05. The number of ether oxygens (including phenoxy) is 1. The topological polar surface area (TPSA) is 151 Å². The molecular weight excluding hydrogens is 440 g/mol. The number of aliphatic carboxylic acids is 3. The van der Waals surface area contributed by atoms with Crippen LogP contribution in [0.1, 0.15) is 47.0 Å². The SMILES string of the molecule is C.C.C[Si](C)(CCCC(COCO)C(=O)O)O[Si](C)(C)CCCC(CC(=O)O)C(=O)O. The standard InChI is InChI=1S/C18H36O9Si2.2CH4/c1-28(2,9-5-7-14(17(22)23)11-16(20)21)27-29(3,4)10-6-8-15(18(24)25)12-26-13-19;;/h14-15,19H,5-13H2,1-4H3,(H,20,21)(H,22,23)(H,24,25);2*1H4. The smallest absolute Gasteiger partial charge is 0.308 e. The van der Waals surface area contributed by atoms with Gasteiger partial charge in [0, 0.05) is 0 Å². The van der Waals surface area contributed by atoms with Gasteiger partial charge in [0.25, 0.3) is 0 Å². The lowest BCUT2D eigenvalue weighted by molar-refractivity contribution is -0.148. The van der Waals surface area contributed by atoms with Gasteiger partial charge < -0.3 is 29.3 Å². The molecule has 31 heavy (non-hydrogen) atoms. The van der Waals surface area contributed by atoms with Crippen molar-refractivity contribution >= 4 is 34.5 Å². The highest BCUT2D eigenvalue weighted by Crippen LogP contribution is 2.27. The molecule has 9 nitrogen and oxygen atoms in total. The van der Waals surface area contributed by atoms with Gasteiger partial charge in [-0.15, -0.1) is 0 Å². The number of carbonyl (C=O) groups is 3. The highest BCUT2D eigenvalue weighted by atomic mass is 28.4. The minimum Gasteiger partial charge on any atom is -0.481 e. The van der Waals surface area contributed by atoms with Crippen LogP contribution < -0.4 is 0 Å². The van der Waals surface area contributed by atoms with E-state index >= 15 is 0 Å². The molecule has 0 saturated heterocycles. The third-order valence-corrected chi connectivity index (χ3v) is 12.3. The Balaban J connectivity index is -0.00000392. The first kappa shape index (κ1) is 34.3. The summed E-state index contributed by atoms with van der Waals surface area (Å²) in [5.74, 6) is -4.66. The molecule has 11 heteroatoms. The van der Waals surface area contributed by atoms with E-state index in [0.717, 1.165) is 12.1 Å². The molecule has 2 unspecified atom stereocenters. The summed E-state index contributed by atoms with van der Waals surface area (Å²) in [7, 11) is -4.08. The second-order valence-electron chi connectivity index (χ2n) is 8.57. The maximum Gasteiger partial charge on any atom is 0.308 e. The molecule has 0 fully saturated rings. The fourth-order valence-electron chi connectivity index (χ4n) is 3.40. The second-order valence-corrected chi connectivity index (χ2v) is 17.4. The van der Waals surface area contributed by atoms with Crippen molar-refractivity contribution in [3.63, 3.8) is 0 Å². The lowest BCUT2D eigenvalue weighted by atomic mass is 10.0. The van der Waals surface area contributed by atoms with Crippen LogP contribution in [0.2, 0.25) is 38.3 Å². The molecule has 0 amide bonds. The summed E-state index contributed by atoms with van der Waals surface area (Å²) >= 11 is 0. The van der Waals surface area contributed by atoms with Crippen molar-refractivity contribution in [2.75, 3.05) is 13.4 Å². The van der Waals surface area contributed by atoms with Crippen LogP contribution in [-0.4, -0.2) is 68.4 Å². The molecule has 186 valence electrons. The van der Waals surface area contributed by atoms with Crippen molar-refractivity contribution < 1.29 is 43.7 Å². The third-order valence-electron chi connectivity index (χ3n) is 4.75. The second kappa shape index (κ2) is 16.4. The lowest BCUT2D eigenvalue weighted by Crippen LogP contribution is -2.44. The van der Waals surface area contributed by atoms with Crippen molar-refractivity contribution in [3.05, 3.63) is 0 Å². The van der Waals surface area contributed by atoms with Crippen molar-refractivity contribution in [2.45, 2.75) is 85.2 Å². The van der Waals surface area contributed by atoms with E-state index in [1.807, 2.05) is 0 Å². The average Bonchev–Trinajstić information content (AvgIpc) is 2.54. The molecule has 0 aliphatic carbocycles. The van der Waals surface area contributed by atoms with E-state index in [2.05, 4.69) is 26.2 Å². The summed E-state index contributed by atoms with van der Waals surface area (Å²) in [5.41, 5.74) is 0. The lowest BCUT2D eigenvalue weighted by Gasteiger charge is -2.34. The van der Waals surface area contributed by atoms with E-state index in [1.54, 1.807) is 0 Å². The van der Waals surface area contributed by atoms with Crippen LogP contribution in [0, 0.1) is 11.8 Å². The van der Waals surface area contributed by atoms with Crippen LogP contribution in [0.4, 0.5) is 0 Å². The van der Waals surface area contributed by atoms with Crippen molar-refractivity contribution in [1.29, 1.82) is 0 Å². The Morgan fingerprint density at radius 1 is 0.806 bits per heavy atom. The largest absolute Gasteiger partial charge is 0.481 e. The summed E-state index contributed by atoms with van der Waals surface area (Å²) in [4.78, 5) is 33.2. The molecule has 0 radical (unpaired) electrons. The van der Waals surface area contributed by atoms with Crippen LogP contribution in [0.5, 0.6) is 0 Å². The first-order valence-corrected chi connectivity index (χ1v) is 16.1. The maximum atomic E-state index is 11.2. The van der Waals surface area contributed by atoms with Crippen molar-refractivity contribution in [3.8, 4) is 0 Å². The van der Waals surface area contributed by atoms with E-state index < -0.39 is 53.2 Å². The number of carboxylic acids is 3. The summed E-state index contributed by atoms with van der Waals surface area (Å²) < 4.78 is 11.3. The summed E-state index contributed by atoms with van der Waals surface area (Å²) in [5, 5.41) is 35.8. The van der Waals surface area contributed by atoms with Crippen LogP contribution in [-0.2, 0) is 23.2 Å². The molecule has 0 rings (SSSR count). The number of hydrogen-bond acceptors (Lipinski definition) is 6. The molecule has 0 bridgehead atoms. The molecular formula is C20H44O9Si2. The van der Waals surface area contributed by atoms with Crippen molar-refractivity contribution in [1.82, 2.24) is 0 Å². The van der Waals surface area contributed by atoms with Crippen LogP contribution in [0.15, 0.2) is 0 Å². The minimum absolute atomic E-state index is 0. The molecule has 0 aromatic carbocycles. The van der Waals surface area contributed by atoms with Gasteiger partial charge in [0.15, 0.2) is 16.6 Å². The van der Waals surface area contributed by atoms with Gasteiger partial charge in [-0.05, 0) is 51.1 Å². The van der Waals surface area contributed by atoms with E-state index in [0.29, 0.717) is 25.7 Å². The Hall–Kier alpha value is -1.28. The molecule has 0 aromatic heterocycles. The Morgan fingerprint density at radius 2 is 1.23 bits per heavy atom. The number of aliphatic hydroxyl groups is 1. The van der Waals surface area contributed by atoms with Gasteiger partial charge >= 0.3 is 17.9 Å². The monoisotopic (exact) mass is 484 g/mol. The van der Waals surface area contributed by atoms with Gasteiger partial charge in [0.2, 0.25) is 0 Å². The quantitative estimate of drug-likeness (QED) is 0.177. The molecule has 0 saturated carbocycles. The normalized spacial score (nSPS) is 13.5. The van der Waals surface area contributed by atoms with E-state index in [4.69, 9.17) is 24.2 Å². The van der Waals surface area contributed by atoms with Crippen LogP contribution in [0.3, 0.4) is 0 Å². The zero-order valence-corrected chi connectivity index (χ0v) is 19.8. The van der Waals surface area contributed by atoms with Gasteiger partial charge in [-0.3, -0.25) is 14.4 Å². The number of carboxylic acid groups (broad SMARTS) is 3. The van der Waals surface area contributed by atoms with E-state index in [9.17, 15) is 19.5 Å². The zero-order chi connectivity index (χ0) is 22.7. The fourth-order valence-corrected chi connectivity index (χ4v) is 12.3. The first-order chi connectivity index (χ1) is 13.3. The fraction of sp³-hybridized carbons (Fsp3) is 0.850. The summed E-state index contributed by atoms with van der Waals surface area (Å²) in [6.45, 7) is 7.81. The van der Waals surface area contributed by atoms with Gasteiger partial charge in [0.05, 0.1) is 24.9 Å². The number of rotatable bonds is 17. The molecule has 4 N–H and O–H groups in total. The van der Waals surface area contributed by atoms with Gasteiger partial charge in [-0.1, -0.05) is 27.7 Å². The number of hydrogen-bond donors (Lipinski definition) is 4. The Kier molecular flexibility index (Phi) is 18.1. The Bertz CT molecular complexity index is 539. The van der Waals surface area contributed by atoms with Gasteiger partial charge in [-0.25, -0.2) is 0 Å². The molecule has 0 heterocycles. The number of aliphatic hydroxyl groups excluding tert-OH is 1. The first-order valence-electron chi connectivity index (χ1n) is 9.86. The van der Waals surface area contributed by atoms with Crippen LogP contribution in [0.25, 0.3) is 0 Å². The molecule has 0 aliphatic rings. The Morgan fingerprint density at radius 3 is 1.58 bits per heavy atom. The van der Waals surface area contributed by atoms with Gasteiger partial charge in [0.1, 0.15) is 6.79 Å². The van der Waals surface area contributed by atoms with Crippen LogP contribution >= 0.6 is 0 Å².